The molecular formula is C21H19F2N5O6. The molecule has 1 aliphatic heterocycles. The Balaban J connectivity index is 1.48. The molecule has 3 heterocycles. The Hall–Kier alpha value is -4.13. The molecule has 0 aliphatic carbocycles. The zero-order valence-corrected chi connectivity index (χ0v) is 17.8. The molecule has 2 atom stereocenters. The average Bonchev–Trinajstić information content (AvgIpc) is 3.24. The van der Waals surface area contributed by atoms with Crippen molar-refractivity contribution in [3.05, 3.63) is 58.8 Å². The summed E-state index contributed by atoms with van der Waals surface area (Å²) >= 11 is 0. The van der Waals surface area contributed by atoms with Crippen LogP contribution in [0.4, 0.5) is 20.2 Å². The van der Waals surface area contributed by atoms with Gasteiger partial charge < -0.3 is 19.7 Å². The van der Waals surface area contributed by atoms with E-state index in [1.165, 1.54) is 11.0 Å². The lowest BCUT2D eigenvalue weighted by molar-refractivity contribution is -0.162. The van der Waals surface area contributed by atoms with Crippen LogP contribution in [0.3, 0.4) is 0 Å². The number of morpholine rings is 1. The number of benzene rings is 1. The minimum atomic E-state index is -1.34. The van der Waals surface area contributed by atoms with Gasteiger partial charge in [0.1, 0.15) is 6.10 Å². The van der Waals surface area contributed by atoms with E-state index in [9.17, 15) is 23.2 Å². The lowest BCUT2D eigenvalue weighted by atomic mass is 10.1. The first-order valence-corrected chi connectivity index (χ1v) is 10.1. The molecule has 0 saturated carbocycles. The molecule has 34 heavy (non-hydrogen) atoms. The molecule has 0 bridgehead atoms. The molecular weight excluding hydrogens is 456 g/mol. The summed E-state index contributed by atoms with van der Waals surface area (Å²) in [6.45, 7) is 1.52. The number of esters is 1. The second kappa shape index (κ2) is 9.79. The molecule has 2 aromatic heterocycles. The molecule has 4 rings (SSSR count). The number of hydrogen-bond acceptors (Lipinski definition) is 9. The van der Waals surface area contributed by atoms with Crippen molar-refractivity contribution >= 4 is 23.3 Å². The summed E-state index contributed by atoms with van der Waals surface area (Å²) in [4.78, 5) is 42.9. The molecule has 1 aliphatic rings. The normalized spacial score (nSPS) is 16.7. The van der Waals surface area contributed by atoms with Crippen LogP contribution in [0.2, 0.25) is 0 Å². The fourth-order valence-corrected chi connectivity index (χ4v) is 3.47. The van der Waals surface area contributed by atoms with Crippen molar-refractivity contribution in [3.8, 4) is 11.4 Å². The fraction of sp³-hybridized carbons (Fsp3) is 0.286. The van der Waals surface area contributed by atoms with E-state index in [0.717, 1.165) is 13.0 Å². The van der Waals surface area contributed by atoms with E-state index in [2.05, 4.69) is 25.0 Å². The van der Waals surface area contributed by atoms with Crippen molar-refractivity contribution in [1.29, 1.82) is 0 Å². The molecule has 0 radical (unpaired) electrons. The number of nitrogens with one attached hydrogen (secondary N) is 2. The summed E-state index contributed by atoms with van der Waals surface area (Å²) in [5.74, 6) is -3.80. The van der Waals surface area contributed by atoms with Gasteiger partial charge in [-0.05, 0) is 36.4 Å². The predicted octanol–water partition coefficient (Wildman–Crippen LogP) is 1.48. The SMILES string of the molecule is CC(=O)OC(C(=O)Nc1ccc(-c2noc(=O)[nH]2)cc1)C1CN(c2ccc(F)nc2F)CCO1. The number of carbonyl (C=O) groups is 2. The van der Waals surface area contributed by atoms with E-state index >= 15 is 0 Å². The Morgan fingerprint density at radius 1 is 1.24 bits per heavy atom. The third kappa shape index (κ3) is 5.26. The first-order chi connectivity index (χ1) is 16.3. The second-order valence-corrected chi connectivity index (χ2v) is 7.34. The Bertz CT molecular complexity index is 1240. The molecule has 13 heteroatoms. The summed E-state index contributed by atoms with van der Waals surface area (Å²) in [5, 5.41) is 6.22. The number of carbonyl (C=O) groups excluding carboxylic acids is 2. The van der Waals surface area contributed by atoms with Crippen molar-refractivity contribution in [2.24, 2.45) is 0 Å². The Labute approximate surface area is 190 Å². The fourth-order valence-electron chi connectivity index (χ4n) is 3.47. The number of rotatable bonds is 6. The van der Waals surface area contributed by atoms with E-state index in [4.69, 9.17) is 9.47 Å². The van der Waals surface area contributed by atoms with Gasteiger partial charge in [0.05, 0.1) is 12.3 Å². The van der Waals surface area contributed by atoms with E-state index in [1.807, 2.05) is 0 Å². The minimum absolute atomic E-state index is 0.00589. The average molecular weight is 475 g/mol. The van der Waals surface area contributed by atoms with E-state index in [0.29, 0.717) is 11.3 Å². The molecule has 1 aromatic carbocycles. The van der Waals surface area contributed by atoms with Gasteiger partial charge in [0.15, 0.2) is 5.82 Å². The minimum Gasteiger partial charge on any atom is -0.450 e. The molecule has 1 saturated heterocycles. The van der Waals surface area contributed by atoms with Crippen LogP contribution in [0.25, 0.3) is 11.4 Å². The first kappa shape index (κ1) is 23.0. The third-order valence-corrected chi connectivity index (χ3v) is 4.98. The zero-order chi connectivity index (χ0) is 24.2. The molecule has 0 spiro atoms. The van der Waals surface area contributed by atoms with Crippen LogP contribution in [-0.4, -0.2) is 58.9 Å². The van der Waals surface area contributed by atoms with Gasteiger partial charge in [-0.1, -0.05) is 5.16 Å². The molecule has 3 aromatic rings. The van der Waals surface area contributed by atoms with Crippen molar-refractivity contribution < 1.29 is 32.4 Å². The van der Waals surface area contributed by atoms with Crippen LogP contribution < -0.4 is 16.0 Å². The van der Waals surface area contributed by atoms with Crippen molar-refractivity contribution in [2.75, 3.05) is 29.9 Å². The van der Waals surface area contributed by atoms with Gasteiger partial charge in [-0.2, -0.15) is 13.8 Å². The van der Waals surface area contributed by atoms with Crippen LogP contribution in [0.15, 0.2) is 45.7 Å². The van der Waals surface area contributed by atoms with E-state index in [1.54, 1.807) is 24.3 Å². The Morgan fingerprint density at radius 3 is 2.65 bits per heavy atom. The summed E-state index contributed by atoms with van der Waals surface area (Å²) < 4.78 is 42.6. The predicted molar refractivity (Wildman–Crippen MR) is 113 cm³/mol. The summed E-state index contributed by atoms with van der Waals surface area (Å²) in [6.07, 6.45) is -2.27. The maximum atomic E-state index is 14.1. The van der Waals surface area contributed by atoms with Crippen molar-refractivity contribution in [1.82, 2.24) is 15.1 Å². The number of anilines is 2. The van der Waals surface area contributed by atoms with Crippen molar-refractivity contribution in [2.45, 2.75) is 19.1 Å². The maximum absolute atomic E-state index is 14.1. The maximum Gasteiger partial charge on any atom is 0.439 e. The van der Waals surface area contributed by atoms with Gasteiger partial charge >= 0.3 is 11.7 Å². The lowest BCUT2D eigenvalue weighted by Crippen LogP contribution is -2.53. The topological polar surface area (TPSA) is 140 Å². The van der Waals surface area contributed by atoms with Crippen LogP contribution in [0.1, 0.15) is 6.92 Å². The Morgan fingerprint density at radius 2 is 2.00 bits per heavy atom. The number of aromatic amines is 1. The smallest absolute Gasteiger partial charge is 0.439 e. The van der Waals surface area contributed by atoms with Crippen molar-refractivity contribution in [3.63, 3.8) is 0 Å². The van der Waals surface area contributed by atoms with Crippen LogP contribution in [-0.2, 0) is 19.1 Å². The van der Waals surface area contributed by atoms with E-state index < -0.39 is 41.7 Å². The number of aromatic nitrogens is 3. The van der Waals surface area contributed by atoms with Gasteiger partial charge in [0.25, 0.3) is 5.91 Å². The highest BCUT2D eigenvalue weighted by molar-refractivity contribution is 5.96. The van der Waals surface area contributed by atoms with Gasteiger partial charge in [-0.15, -0.1) is 0 Å². The third-order valence-electron chi connectivity index (χ3n) is 4.98. The number of halogens is 2. The summed E-state index contributed by atoms with van der Waals surface area (Å²) in [7, 11) is 0. The molecule has 2 N–H and O–H groups in total. The number of amides is 1. The van der Waals surface area contributed by atoms with Crippen LogP contribution >= 0.6 is 0 Å². The van der Waals surface area contributed by atoms with Gasteiger partial charge in [0, 0.05) is 31.3 Å². The number of hydrogen-bond donors (Lipinski definition) is 2. The van der Waals surface area contributed by atoms with Gasteiger partial charge in [-0.25, -0.2) is 4.79 Å². The lowest BCUT2D eigenvalue weighted by Gasteiger charge is -2.37. The molecule has 11 nitrogen and oxygen atoms in total. The van der Waals surface area contributed by atoms with Gasteiger partial charge in [0.2, 0.25) is 18.0 Å². The Kier molecular flexibility index (Phi) is 6.63. The standard InChI is InChI=1S/C21H19F2N5O6/c1-11(29)33-17(15-10-28(8-9-32-15)14-6-7-16(22)25-18(14)23)20(30)24-13-4-2-12(3-5-13)19-26-21(31)34-27-19/h2-7,15,17H,8-10H2,1H3,(H,24,30)(H,26,27,31). The number of ether oxygens (including phenoxy) is 2. The molecule has 178 valence electrons. The highest BCUT2D eigenvalue weighted by atomic mass is 19.1. The summed E-state index contributed by atoms with van der Waals surface area (Å²) in [5.41, 5.74) is 0.956. The molecule has 2 unspecified atom stereocenters. The summed E-state index contributed by atoms with van der Waals surface area (Å²) in [6, 6.07) is 8.56. The van der Waals surface area contributed by atoms with Gasteiger partial charge in [-0.3, -0.25) is 19.1 Å². The first-order valence-electron chi connectivity index (χ1n) is 10.1. The largest absolute Gasteiger partial charge is 0.450 e. The molecule has 1 fully saturated rings. The van der Waals surface area contributed by atoms with E-state index in [-0.39, 0.29) is 31.2 Å². The molecule has 1 amide bonds. The highest BCUT2D eigenvalue weighted by Crippen LogP contribution is 2.23. The van der Waals surface area contributed by atoms with Crippen LogP contribution in [0, 0.1) is 11.9 Å². The highest BCUT2D eigenvalue weighted by Gasteiger charge is 2.36. The zero-order valence-electron chi connectivity index (χ0n) is 17.8. The second-order valence-electron chi connectivity index (χ2n) is 7.34. The quantitative estimate of drug-likeness (QED) is 0.401. The number of H-pyrrole nitrogens is 1. The van der Waals surface area contributed by atoms with Crippen LogP contribution in [0.5, 0.6) is 0 Å². The monoisotopic (exact) mass is 475 g/mol. The number of nitrogens with zero attached hydrogens (tertiary/aromatic N) is 3. The number of pyridine rings is 1.